The third-order valence-electron chi connectivity index (χ3n) is 3.35. The lowest BCUT2D eigenvalue weighted by atomic mass is 10.0. The van der Waals surface area contributed by atoms with Crippen molar-refractivity contribution < 1.29 is 14.5 Å². The zero-order valence-corrected chi connectivity index (χ0v) is 15.0. The predicted octanol–water partition coefficient (Wildman–Crippen LogP) is 3.62. The van der Waals surface area contributed by atoms with Gasteiger partial charge in [0.25, 0.3) is 11.6 Å². The Balaban J connectivity index is 1.89. The number of rotatable bonds is 7. The van der Waals surface area contributed by atoms with Crippen LogP contribution in [-0.4, -0.2) is 23.7 Å². The van der Waals surface area contributed by atoms with Gasteiger partial charge in [-0.15, -0.1) is 11.3 Å². The summed E-state index contributed by atoms with van der Waals surface area (Å²) in [5.41, 5.74) is 4.44. The van der Waals surface area contributed by atoms with Gasteiger partial charge in [0, 0.05) is 6.07 Å². The molecular weight excluding hydrogens is 342 g/mol. The van der Waals surface area contributed by atoms with Gasteiger partial charge in [-0.05, 0) is 30.0 Å². The molecule has 2 rings (SSSR count). The molecule has 0 unspecified atom stereocenters. The topological polar surface area (TPSA) is 93.8 Å². The van der Waals surface area contributed by atoms with Gasteiger partial charge in [-0.1, -0.05) is 26.0 Å². The summed E-state index contributed by atoms with van der Waals surface area (Å²) in [7, 11) is 0. The molecule has 2 aromatic rings. The van der Waals surface area contributed by atoms with E-state index in [1.165, 1.54) is 29.0 Å². The molecular formula is C17H19N3O4S. The van der Waals surface area contributed by atoms with Crippen LogP contribution in [0.3, 0.4) is 0 Å². The Kier molecular flexibility index (Phi) is 6.24. The maximum atomic E-state index is 11.8. The van der Waals surface area contributed by atoms with Crippen LogP contribution in [0, 0.1) is 17.0 Å². The molecule has 0 aliphatic heterocycles. The first-order valence-electron chi connectivity index (χ1n) is 7.65. The summed E-state index contributed by atoms with van der Waals surface area (Å²) in [6, 6.07) is 7.29. The lowest BCUT2D eigenvalue weighted by Gasteiger charge is -2.14. The van der Waals surface area contributed by atoms with Crippen LogP contribution in [0.25, 0.3) is 0 Å². The van der Waals surface area contributed by atoms with E-state index in [-0.39, 0.29) is 18.2 Å². The Morgan fingerprint density at radius 2 is 2.20 bits per heavy atom. The summed E-state index contributed by atoms with van der Waals surface area (Å²) < 4.78 is 5.61. The van der Waals surface area contributed by atoms with Gasteiger partial charge in [-0.3, -0.25) is 14.9 Å². The van der Waals surface area contributed by atoms with Crippen molar-refractivity contribution in [1.29, 1.82) is 0 Å². The van der Waals surface area contributed by atoms with Crippen molar-refractivity contribution in [1.82, 2.24) is 5.43 Å². The molecule has 132 valence electrons. The van der Waals surface area contributed by atoms with Crippen LogP contribution in [0.5, 0.6) is 5.75 Å². The first-order valence-corrected chi connectivity index (χ1v) is 8.53. The van der Waals surface area contributed by atoms with Crippen LogP contribution in [0.15, 0.2) is 34.7 Å². The molecule has 1 N–H and O–H groups in total. The number of nitrogens with zero attached hydrogens (tertiary/aromatic N) is 2. The molecule has 0 saturated heterocycles. The summed E-state index contributed by atoms with van der Waals surface area (Å²) in [6.45, 7) is 5.91. The minimum atomic E-state index is -0.478. The summed E-state index contributed by atoms with van der Waals surface area (Å²) in [6.07, 6.45) is 1.36. The monoisotopic (exact) mass is 361 g/mol. The van der Waals surface area contributed by atoms with Crippen LogP contribution >= 0.6 is 11.3 Å². The molecule has 0 fully saturated rings. The summed E-state index contributed by atoms with van der Waals surface area (Å²) in [5.74, 6) is 0.563. The highest BCUT2D eigenvalue weighted by atomic mass is 32.1. The van der Waals surface area contributed by atoms with Crippen LogP contribution in [0.1, 0.15) is 35.8 Å². The zero-order valence-electron chi connectivity index (χ0n) is 14.2. The van der Waals surface area contributed by atoms with Crippen molar-refractivity contribution in [3.05, 3.63) is 55.8 Å². The molecule has 0 bridgehead atoms. The van der Waals surface area contributed by atoms with Gasteiger partial charge in [0.05, 0.1) is 21.4 Å². The fourth-order valence-corrected chi connectivity index (χ4v) is 2.81. The molecule has 1 aromatic carbocycles. The Morgan fingerprint density at radius 1 is 1.44 bits per heavy atom. The second-order valence-corrected chi connectivity index (χ2v) is 6.69. The van der Waals surface area contributed by atoms with E-state index in [1.54, 1.807) is 0 Å². The van der Waals surface area contributed by atoms with Gasteiger partial charge in [0.2, 0.25) is 0 Å². The van der Waals surface area contributed by atoms with Crippen molar-refractivity contribution >= 4 is 29.1 Å². The number of ether oxygens (including phenoxy) is 1. The van der Waals surface area contributed by atoms with E-state index in [9.17, 15) is 14.9 Å². The van der Waals surface area contributed by atoms with Crippen molar-refractivity contribution in [3.8, 4) is 5.75 Å². The van der Waals surface area contributed by atoms with E-state index in [0.29, 0.717) is 10.6 Å². The minimum absolute atomic E-state index is 0.00164. The lowest BCUT2D eigenvalue weighted by Crippen LogP contribution is -2.24. The second-order valence-electron chi connectivity index (χ2n) is 5.74. The van der Waals surface area contributed by atoms with Gasteiger partial charge in [-0.25, -0.2) is 5.43 Å². The van der Waals surface area contributed by atoms with Crippen LogP contribution in [-0.2, 0) is 4.79 Å². The Labute approximate surface area is 149 Å². The molecule has 0 aliphatic rings. The molecule has 25 heavy (non-hydrogen) atoms. The lowest BCUT2D eigenvalue weighted by molar-refractivity contribution is -0.384. The maximum absolute atomic E-state index is 11.8. The average Bonchev–Trinajstić information content (AvgIpc) is 3.02. The molecule has 0 atom stereocenters. The number of benzene rings is 1. The number of nitro groups is 1. The highest BCUT2D eigenvalue weighted by molar-refractivity contribution is 7.12. The number of amides is 1. The van der Waals surface area contributed by atoms with E-state index < -0.39 is 10.8 Å². The summed E-state index contributed by atoms with van der Waals surface area (Å²) in [4.78, 5) is 22.5. The SMILES string of the molecule is Cc1ccc(C(C)C)c(OCC(=O)NN=Cc2cc([N+](=O)[O-])cs2)c1. The number of carbonyl (C=O) groups excluding carboxylic acids is 1. The van der Waals surface area contributed by atoms with Crippen molar-refractivity contribution in [2.45, 2.75) is 26.7 Å². The fourth-order valence-electron chi connectivity index (χ4n) is 2.09. The quantitative estimate of drug-likeness (QED) is 0.463. The van der Waals surface area contributed by atoms with E-state index >= 15 is 0 Å². The van der Waals surface area contributed by atoms with Gasteiger partial charge < -0.3 is 4.74 Å². The number of hydrogen-bond donors (Lipinski definition) is 1. The Bertz CT molecular complexity index is 799. The third kappa shape index (κ3) is 5.39. The largest absolute Gasteiger partial charge is 0.483 e. The van der Waals surface area contributed by atoms with Gasteiger partial charge in [0.1, 0.15) is 5.75 Å². The van der Waals surface area contributed by atoms with Gasteiger partial charge in [-0.2, -0.15) is 5.10 Å². The Hall–Kier alpha value is -2.74. The van der Waals surface area contributed by atoms with Crippen LogP contribution in [0.4, 0.5) is 5.69 Å². The second kappa shape index (κ2) is 8.39. The number of carbonyl (C=O) groups is 1. The zero-order chi connectivity index (χ0) is 18.4. The summed E-state index contributed by atoms with van der Waals surface area (Å²) in [5, 5.41) is 15.8. The van der Waals surface area contributed by atoms with E-state index in [4.69, 9.17) is 4.74 Å². The number of aryl methyl sites for hydroxylation is 1. The fraction of sp³-hybridized carbons (Fsp3) is 0.294. The van der Waals surface area contributed by atoms with Crippen molar-refractivity contribution in [2.24, 2.45) is 5.10 Å². The molecule has 7 nitrogen and oxygen atoms in total. The first-order chi connectivity index (χ1) is 11.9. The molecule has 8 heteroatoms. The molecule has 0 spiro atoms. The number of nitrogens with one attached hydrogen (secondary N) is 1. The molecule has 0 aliphatic carbocycles. The van der Waals surface area contributed by atoms with Crippen molar-refractivity contribution in [2.75, 3.05) is 6.61 Å². The highest BCUT2D eigenvalue weighted by Crippen LogP contribution is 2.27. The van der Waals surface area contributed by atoms with Gasteiger partial charge >= 0.3 is 0 Å². The summed E-state index contributed by atoms with van der Waals surface area (Å²) >= 11 is 1.17. The van der Waals surface area contributed by atoms with Gasteiger partial charge in [0.15, 0.2) is 6.61 Å². The molecule has 1 heterocycles. The number of hydrazone groups is 1. The minimum Gasteiger partial charge on any atom is -0.483 e. The smallest absolute Gasteiger partial charge is 0.280 e. The Morgan fingerprint density at radius 3 is 2.84 bits per heavy atom. The predicted molar refractivity (Wildman–Crippen MR) is 97.5 cm³/mol. The maximum Gasteiger partial charge on any atom is 0.280 e. The highest BCUT2D eigenvalue weighted by Gasteiger charge is 2.10. The average molecular weight is 361 g/mol. The normalized spacial score (nSPS) is 11.0. The molecule has 0 radical (unpaired) electrons. The first kappa shape index (κ1) is 18.6. The van der Waals surface area contributed by atoms with E-state index in [0.717, 1.165) is 11.1 Å². The molecule has 1 amide bonds. The van der Waals surface area contributed by atoms with Crippen molar-refractivity contribution in [3.63, 3.8) is 0 Å². The van der Waals surface area contributed by atoms with E-state index in [1.807, 2.05) is 25.1 Å². The third-order valence-corrected chi connectivity index (χ3v) is 4.20. The van der Waals surface area contributed by atoms with E-state index in [2.05, 4.69) is 24.4 Å². The number of hydrogen-bond acceptors (Lipinski definition) is 6. The standard InChI is InChI=1S/C17H19N3O4S/c1-11(2)15-5-4-12(3)6-16(15)24-9-17(21)19-18-8-14-7-13(10-25-14)20(22)23/h4-8,10-11H,9H2,1-3H3,(H,19,21). The molecule has 0 saturated carbocycles. The van der Waals surface area contributed by atoms with Crippen LogP contribution in [0.2, 0.25) is 0 Å². The molecule has 1 aromatic heterocycles. The van der Waals surface area contributed by atoms with Crippen LogP contribution < -0.4 is 10.2 Å². The number of thiophene rings is 1.